The zero-order valence-corrected chi connectivity index (χ0v) is 16.7. The third kappa shape index (κ3) is 4.25. The molecule has 2 aromatic heterocycles. The number of nitrogens with zero attached hydrogens (tertiary/aromatic N) is 6. The van der Waals surface area contributed by atoms with Crippen LogP contribution >= 0.6 is 0 Å². The van der Waals surface area contributed by atoms with Gasteiger partial charge in [0.15, 0.2) is 0 Å². The summed E-state index contributed by atoms with van der Waals surface area (Å²) >= 11 is 0. The van der Waals surface area contributed by atoms with Gasteiger partial charge in [-0.1, -0.05) is 5.16 Å². The quantitative estimate of drug-likeness (QED) is 0.635. The van der Waals surface area contributed by atoms with E-state index in [0.717, 1.165) is 6.07 Å². The van der Waals surface area contributed by atoms with Crippen LogP contribution in [-0.4, -0.2) is 58.2 Å². The van der Waals surface area contributed by atoms with Gasteiger partial charge in [-0.3, -0.25) is 9.36 Å². The summed E-state index contributed by atoms with van der Waals surface area (Å²) in [5.74, 6) is -2.13. The van der Waals surface area contributed by atoms with E-state index >= 15 is 0 Å². The van der Waals surface area contributed by atoms with E-state index < -0.39 is 48.6 Å². The molecule has 32 heavy (non-hydrogen) atoms. The maximum Gasteiger partial charge on any atom is 0.455 e. The number of hydrogen-bond acceptors (Lipinski definition) is 8. The predicted octanol–water partition coefficient (Wildman–Crippen LogP) is 2.38. The van der Waals surface area contributed by atoms with Crippen molar-refractivity contribution in [2.24, 2.45) is 0 Å². The molecule has 2 aliphatic heterocycles. The van der Waals surface area contributed by atoms with Crippen LogP contribution in [-0.2, 0) is 17.5 Å². The van der Waals surface area contributed by atoms with E-state index in [9.17, 15) is 31.1 Å². The zero-order chi connectivity index (χ0) is 23.3. The number of hydrogen-bond donors (Lipinski definition) is 0. The molecular weight excluding hydrogens is 450 g/mol. The summed E-state index contributed by atoms with van der Waals surface area (Å²) in [5.41, 5.74) is -0.919. The van der Waals surface area contributed by atoms with Gasteiger partial charge in [0.05, 0.1) is 19.3 Å². The summed E-state index contributed by atoms with van der Waals surface area (Å²) in [6.07, 6.45) is -10.0. The third-order valence-corrected chi connectivity index (χ3v) is 5.27. The van der Waals surface area contributed by atoms with E-state index in [0.29, 0.717) is 24.3 Å². The van der Waals surface area contributed by atoms with Crippen LogP contribution in [0.5, 0.6) is 0 Å². The minimum Gasteiger partial charge on any atom is -0.377 e. The molecule has 15 heteroatoms. The van der Waals surface area contributed by atoms with Gasteiger partial charge in [0.25, 0.3) is 11.4 Å². The molecule has 0 radical (unpaired) electrons. The van der Waals surface area contributed by atoms with E-state index in [2.05, 4.69) is 19.6 Å². The number of rotatable bonds is 3. The average molecular weight is 468 g/mol. The molecule has 9 nitrogen and oxygen atoms in total. The number of aromatic nitrogens is 4. The zero-order valence-electron chi connectivity index (χ0n) is 16.7. The monoisotopic (exact) mass is 468 g/mol. The summed E-state index contributed by atoms with van der Waals surface area (Å²) in [7, 11) is 0. The van der Waals surface area contributed by atoms with E-state index in [1.807, 2.05) is 6.92 Å². The fraction of sp³-hybridized carbons (Fsp3) is 0.647. The largest absolute Gasteiger partial charge is 0.455 e. The fourth-order valence-corrected chi connectivity index (χ4v) is 3.76. The second-order valence-electron chi connectivity index (χ2n) is 7.52. The first-order valence-electron chi connectivity index (χ1n) is 9.64. The highest BCUT2D eigenvalue weighted by atomic mass is 19.4. The first kappa shape index (κ1) is 22.4. The lowest BCUT2D eigenvalue weighted by Gasteiger charge is -2.38. The molecule has 2 unspecified atom stereocenters. The SMILES string of the molecule is CC1COCCN1c1cc(=O)n2c(n1)N(Cc1nc(C(F)(F)F)no1)CCC2C(F)(F)F. The first-order valence-corrected chi connectivity index (χ1v) is 9.64. The highest BCUT2D eigenvalue weighted by Crippen LogP contribution is 2.39. The molecule has 4 heterocycles. The molecule has 0 spiro atoms. The van der Waals surface area contributed by atoms with Gasteiger partial charge in [-0.25, -0.2) is 0 Å². The topological polar surface area (TPSA) is 89.5 Å². The van der Waals surface area contributed by atoms with Crippen molar-refractivity contribution in [2.75, 3.05) is 36.1 Å². The molecule has 0 bridgehead atoms. The molecule has 4 rings (SSSR count). The second kappa shape index (κ2) is 7.94. The Balaban J connectivity index is 1.74. The second-order valence-corrected chi connectivity index (χ2v) is 7.52. The van der Waals surface area contributed by atoms with Crippen molar-refractivity contribution in [1.82, 2.24) is 19.7 Å². The molecule has 0 aliphatic carbocycles. The molecule has 2 atom stereocenters. The number of fused-ring (bicyclic) bond motifs is 1. The lowest BCUT2D eigenvalue weighted by atomic mass is 10.1. The molecule has 2 aliphatic rings. The van der Waals surface area contributed by atoms with E-state index in [-0.39, 0.29) is 24.4 Å². The molecule has 176 valence electrons. The van der Waals surface area contributed by atoms with Crippen LogP contribution in [0.3, 0.4) is 0 Å². The normalized spacial score (nSPS) is 22.2. The van der Waals surface area contributed by atoms with Crippen LogP contribution in [0.1, 0.15) is 31.1 Å². The fourth-order valence-electron chi connectivity index (χ4n) is 3.76. The maximum absolute atomic E-state index is 13.6. The highest BCUT2D eigenvalue weighted by Gasteiger charge is 2.46. The summed E-state index contributed by atoms with van der Waals surface area (Å²) in [6, 6.07) is -1.26. The van der Waals surface area contributed by atoms with Gasteiger partial charge in [0.1, 0.15) is 18.4 Å². The highest BCUT2D eigenvalue weighted by molar-refractivity contribution is 5.47. The van der Waals surface area contributed by atoms with Crippen molar-refractivity contribution < 1.29 is 35.6 Å². The number of anilines is 2. The Hall–Kier alpha value is -2.84. The van der Waals surface area contributed by atoms with Crippen LogP contribution in [0, 0.1) is 0 Å². The average Bonchev–Trinajstić information content (AvgIpc) is 3.17. The van der Waals surface area contributed by atoms with Gasteiger partial charge in [-0.15, -0.1) is 0 Å². The molecular formula is C17H18F6N6O3. The molecule has 0 amide bonds. The van der Waals surface area contributed by atoms with Crippen LogP contribution in [0.15, 0.2) is 15.4 Å². The van der Waals surface area contributed by atoms with E-state index in [1.54, 1.807) is 4.90 Å². The van der Waals surface area contributed by atoms with Gasteiger partial charge in [-0.05, 0) is 13.3 Å². The van der Waals surface area contributed by atoms with Crippen LogP contribution in [0.25, 0.3) is 0 Å². The minimum atomic E-state index is -4.84. The number of alkyl halides is 6. The van der Waals surface area contributed by atoms with Gasteiger partial charge < -0.3 is 19.1 Å². The summed E-state index contributed by atoms with van der Waals surface area (Å²) < 4.78 is 89.5. The summed E-state index contributed by atoms with van der Waals surface area (Å²) in [5, 5.41) is 2.85. The van der Waals surface area contributed by atoms with Crippen molar-refractivity contribution >= 4 is 11.8 Å². The Labute approximate surface area is 176 Å². The lowest BCUT2D eigenvalue weighted by molar-refractivity contribution is -0.171. The van der Waals surface area contributed by atoms with Crippen molar-refractivity contribution in [1.29, 1.82) is 0 Å². The van der Waals surface area contributed by atoms with Crippen molar-refractivity contribution in [2.45, 2.75) is 44.3 Å². The van der Waals surface area contributed by atoms with Crippen molar-refractivity contribution in [3.63, 3.8) is 0 Å². The standard InChI is InChI=1S/C17H18F6N6O3/c1-9-8-31-5-4-28(9)11-6-13(30)29-10(16(18,19)20)2-3-27(15(29)24-11)7-12-25-14(26-32-12)17(21,22)23/h6,9-10H,2-5,7-8H2,1H3. The minimum absolute atomic E-state index is 0.159. The Kier molecular flexibility index (Phi) is 5.55. The van der Waals surface area contributed by atoms with Gasteiger partial charge >= 0.3 is 12.4 Å². The lowest BCUT2D eigenvalue weighted by Crippen LogP contribution is -2.48. The predicted molar refractivity (Wildman–Crippen MR) is 96.2 cm³/mol. The smallest absolute Gasteiger partial charge is 0.377 e. The van der Waals surface area contributed by atoms with Crippen LogP contribution in [0.2, 0.25) is 0 Å². The Bertz CT molecular complexity index is 1040. The first-order chi connectivity index (χ1) is 14.9. The Morgan fingerprint density at radius 1 is 1.16 bits per heavy atom. The van der Waals surface area contributed by atoms with Crippen LogP contribution in [0.4, 0.5) is 38.1 Å². The summed E-state index contributed by atoms with van der Waals surface area (Å²) in [6.45, 7) is 2.20. The van der Waals surface area contributed by atoms with Crippen molar-refractivity contribution in [3.8, 4) is 0 Å². The third-order valence-electron chi connectivity index (χ3n) is 5.27. The van der Waals surface area contributed by atoms with Crippen molar-refractivity contribution in [3.05, 3.63) is 28.1 Å². The number of ether oxygens (including phenoxy) is 1. The molecule has 1 fully saturated rings. The Morgan fingerprint density at radius 2 is 1.91 bits per heavy atom. The molecule has 0 aromatic carbocycles. The number of halogens is 6. The van der Waals surface area contributed by atoms with Gasteiger partial charge in [-0.2, -0.15) is 36.3 Å². The van der Waals surface area contributed by atoms with Crippen LogP contribution < -0.4 is 15.4 Å². The molecule has 0 saturated carbocycles. The molecule has 0 N–H and O–H groups in total. The molecule has 2 aromatic rings. The van der Waals surface area contributed by atoms with Gasteiger partial charge in [0, 0.05) is 19.2 Å². The van der Waals surface area contributed by atoms with E-state index in [1.165, 1.54) is 4.90 Å². The Morgan fingerprint density at radius 3 is 2.53 bits per heavy atom. The molecule has 1 saturated heterocycles. The number of morpholine rings is 1. The summed E-state index contributed by atoms with van der Waals surface area (Å²) in [4.78, 5) is 23.3. The van der Waals surface area contributed by atoms with E-state index in [4.69, 9.17) is 4.74 Å². The van der Waals surface area contributed by atoms with Gasteiger partial charge in [0.2, 0.25) is 11.8 Å². The maximum atomic E-state index is 13.6.